The van der Waals surface area contributed by atoms with Gasteiger partial charge in [0, 0.05) is 10.4 Å². The van der Waals surface area contributed by atoms with Crippen molar-refractivity contribution in [2.75, 3.05) is 13.4 Å². The van der Waals surface area contributed by atoms with E-state index in [0.717, 1.165) is 22.3 Å². The van der Waals surface area contributed by atoms with Gasteiger partial charge in [0.1, 0.15) is 6.61 Å². The quantitative estimate of drug-likeness (QED) is 0.472. The molecule has 0 saturated heterocycles. The first-order chi connectivity index (χ1) is 16.0. The fraction of sp³-hybridized carbons (Fsp3) is 0.200. The van der Waals surface area contributed by atoms with Crippen molar-refractivity contribution in [3.8, 4) is 22.6 Å². The van der Waals surface area contributed by atoms with Crippen LogP contribution in [0.3, 0.4) is 0 Å². The van der Waals surface area contributed by atoms with E-state index in [1.54, 1.807) is 12.1 Å². The highest BCUT2D eigenvalue weighted by molar-refractivity contribution is 9.10. The lowest BCUT2D eigenvalue weighted by molar-refractivity contribution is -0.137. The van der Waals surface area contributed by atoms with Crippen molar-refractivity contribution in [3.05, 3.63) is 81.8 Å². The highest BCUT2D eigenvalue weighted by atomic mass is 79.9. The van der Waals surface area contributed by atoms with Gasteiger partial charge < -0.3 is 24.6 Å². The Bertz CT molecular complexity index is 1200. The second-order valence-electron chi connectivity index (χ2n) is 7.85. The van der Waals surface area contributed by atoms with Crippen molar-refractivity contribution in [3.63, 3.8) is 0 Å². The van der Waals surface area contributed by atoms with Crippen LogP contribution in [0.25, 0.3) is 11.1 Å². The summed E-state index contributed by atoms with van der Waals surface area (Å²) in [6.45, 7) is 0.233. The van der Waals surface area contributed by atoms with E-state index in [4.69, 9.17) is 14.2 Å². The Morgan fingerprint density at radius 1 is 1.03 bits per heavy atom. The largest absolute Gasteiger partial charge is 0.481 e. The molecule has 3 aromatic rings. The zero-order valence-electron chi connectivity index (χ0n) is 17.4. The van der Waals surface area contributed by atoms with Crippen LogP contribution in [0, 0.1) is 0 Å². The highest BCUT2D eigenvalue weighted by Crippen LogP contribution is 2.44. The Hall–Kier alpha value is -3.52. The Kier molecular flexibility index (Phi) is 5.68. The molecule has 0 unspecified atom stereocenters. The predicted molar refractivity (Wildman–Crippen MR) is 123 cm³/mol. The molecule has 0 saturated carbocycles. The number of benzene rings is 3. The number of aliphatic carboxylic acids is 1. The number of halogens is 1. The van der Waals surface area contributed by atoms with Gasteiger partial charge in [0.15, 0.2) is 11.5 Å². The number of hydrogen-bond donors (Lipinski definition) is 2. The lowest BCUT2D eigenvalue weighted by Gasteiger charge is -2.20. The maximum Gasteiger partial charge on any atom is 0.407 e. The van der Waals surface area contributed by atoms with E-state index in [1.807, 2.05) is 36.4 Å². The first kappa shape index (κ1) is 21.3. The summed E-state index contributed by atoms with van der Waals surface area (Å²) in [5.41, 5.74) is 5.04. The number of alkyl carbamates (subject to hydrolysis) is 1. The zero-order valence-corrected chi connectivity index (χ0v) is 19.0. The van der Waals surface area contributed by atoms with Gasteiger partial charge in [-0.25, -0.2) is 4.79 Å². The number of rotatable bonds is 6. The third-order valence-electron chi connectivity index (χ3n) is 5.88. The zero-order chi connectivity index (χ0) is 22.9. The van der Waals surface area contributed by atoms with E-state index in [2.05, 4.69) is 33.4 Å². The molecule has 168 valence electrons. The smallest absolute Gasteiger partial charge is 0.407 e. The van der Waals surface area contributed by atoms with Crippen molar-refractivity contribution in [2.24, 2.45) is 0 Å². The average Bonchev–Trinajstić information content (AvgIpc) is 3.38. The molecular formula is C25H20BrNO6. The summed E-state index contributed by atoms with van der Waals surface area (Å²) in [5.74, 6) is -0.0827. The Morgan fingerprint density at radius 2 is 1.64 bits per heavy atom. The van der Waals surface area contributed by atoms with E-state index in [1.165, 1.54) is 0 Å². The van der Waals surface area contributed by atoms with Crippen LogP contribution in [0.5, 0.6) is 11.5 Å². The number of hydrogen-bond acceptors (Lipinski definition) is 5. The van der Waals surface area contributed by atoms with Crippen LogP contribution in [0.15, 0.2) is 65.1 Å². The first-order valence-corrected chi connectivity index (χ1v) is 11.2. The van der Waals surface area contributed by atoms with Crippen LogP contribution in [0.1, 0.15) is 35.1 Å². The lowest BCUT2D eigenvalue weighted by atomic mass is 9.98. The fourth-order valence-corrected chi connectivity index (χ4v) is 4.99. The molecule has 1 atom stereocenters. The van der Waals surface area contributed by atoms with Gasteiger partial charge in [-0.15, -0.1) is 0 Å². The van der Waals surface area contributed by atoms with Crippen LogP contribution in [0.2, 0.25) is 0 Å². The molecule has 0 aromatic heterocycles. The van der Waals surface area contributed by atoms with Crippen LogP contribution < -0.4 is 14.8 Å². The Morgan fingerprint density at radius 3 is 2.27 bits per heavy atom. The van der Waals surface area contributed by atoms with Gasteiger partial charge in [0.05, 0.1) is 12.5 Å². The standard InChI is InChI=1S/C25H20BrNO6/c26-20-10-23-22(32-13-33-23)9-18(20)21(11-24(28)29)27-25(30)31-12-19-16-7-3-1-5-14(16)15-6-2-4-8-17(15)19/h1-10,19,21H,11-13H2,(H,27,30)(H,28,29)/t21-/m0/s1. The average molecular weight is 510 g/mol. The molecule has 3 aromatic carbocycles. The normalized spacial score (nSPS) is 14.3. The summed E-state index contributed by atoms with van der Waals surface area (Å²) in [6.07, 6.45) is -1.00. The van der Waals surface area contributed by atoms with Gasteiger partial charge in [0.25, 0.3) is 0 Å². The predicted octanol–water partition coefficient (Wildman–Crippen LogP) is 5.23. The molecule has 7 nitrogen and oxygen atoms in total. The second-order valence-corrected chi connectivity index (χ2v) is 8.70. The summed E-state index contributed by atoms with van der Waals surface area (Å²) in [4.78, 5) is 24.2. The van der Waals surface area contributed by atoms with Gasteiger partial charge in [0.2, 0.25) is 6.79 Å². The lowest BCUT2D eigenvalue weighted by Crippen LogP contribution is -2.32. The number of carboxylic acid groups (broad SMARTS) is 1. The van der Waals surface area contributed by atoms with Gasteiger partial charge in [-0.3, -0.25) is 4.79 Å². The number of nitrogens with one attached hydrogen (secondary N) is 1. The molecule has 2 N–H and O–H groups in total. The molecular weight excluding hydrogens is 490 g/mol. The molecule has 2 aliphatic rings. The molecule has 1 heterocycles. The van der Waals surface area contributed by atoms with E-state index >= 15 is 0 Å². The summed E-state index contributed by atoms with van der Waals surface area (Å²) in [6, 6.07) is 18.7. The van der Waals surface area contributed by atoms with E-state index in [-0.39, 0.29) is 25.7 Å². The van der Waals surface area contributed by atoms with Crippen LogP contribution >= 0.6 is 15.9 Å². The fourth-order valence-electron chi connectivity index (χ4n) is 4.40. The van der Waals surface area contributed by atoms with Gasteiger partial charge in [-0.2, -0.15) is 0 Å². The third kappa shape index (κ3) is 4.14. The van der Waals surface area contributed by atoms with Crippen molar-refractivity contribution in [1.82, 2.24) is 5.32 Å². The first-order valence-electron chi connectivity index (χ1n) is 10.4. The maximum atomic E-state index is 12.7. The van der Waals surface area contributed by atoms with E-state index in [9.17, 15) is 14.7 Å². The monoisotopic (exact) mass is 509 g/mol. The van der Waals surface area contributed by atoms with Crippen LogP contribution in [-0.4, -0.2) is 30.6 Å². The molecule has 5 rings (SSSR count). The summed E-state index contributed by atoms with van der Waals surface area (Å²) in [7, 11) is 0. The molecule has 0 radical (unpaired) electrons. The second kappa shape index (κ2) is 8.78. The van der Waals surface area contributed by atoms with Crippen molar-refractivity contribution < 1.29 is 28.9 Å². The maximum absolute atomic E-state index is 12.7. The Labute approximate surface area is 198 Å². The topological polar surface area (TPSA) is 94.1 Å². The summed E-state index contributed by atoms with van der Waals surface area (Å²) in [5, 5.41) is 12.1. The van der Waals surface area contributed by atoms with E-state index < -0.39 is 18.1 Å². The summed E-state index contributed by atoms with van der Waals surface area (Å²) < 4.78 is 16.9. The molecule has 1 aliphatic carbocycles. The van der Waals surface area contributed by atoms with Crippen molar-refractivity contribution in [2.45, 2.75) is 18.4 Å². The molecule has 33 heavy (non-hydrogen) atoms. The minimum absolute atomic E-state index is 0.0849. The molecule has 8 heteroatoms. The number of carbonyl (C=O) groups is 2. The number of carboxylic acids is 1. The number of amides is 1. The Balaban J connectivity index is 1.33. The number of fused-ring (bicyclic) bond motifs is 4. The summed E-state index contributed by atoms with van der Waals surface area (Å²) >= 11 is 3.44. The number of carbonyl (C=O) groups excluding carboxylic acids is 1. The van der Waals surface area contributed by atoms with Crippen molar-refractivity contribution >= 4 is 28.0 Å². The van der Waals surface area contributed by atoms with Crippen molar-refractivity contribution in [1.29, 1.82) is 0 Å². The number of ether oxygens (including phenoxy) is 3. The SMILES string of the molecule is O=C(O)C[C@H](NC(=O)OCC1c2ccccc2-c2ccccc21)c1cc2c(cc1Br)OCO2. The van der Waals surface area contributed by atoms with E-state index in [0.29, 0.717) is 21.5 Å². The van der Waals surface area contributed by atoms with Gasteiger partial charge in [-0.1, -0.05) is 64.5 Å². The molecule has 0 bridgehead atoms. The third-order valence-corrected chi connectivity index (χ3v) is 6.57. The highest BCUT2D eigenvalue weighted by Gasteiger charge is 2.30. The molecule has 0 spiro atoms. The minimum atomic E-state index is -1.05. The molecule has 1 aliphatic heterocycles. The van der Waals surface area contributed by atoms with Crippen LogP contribution in [0.4, 0.5) is 4.79 Å². The van der Waals surface area contributed by atoms with Crippen LogP contribution in [-0.2, 0) is 9.53 Å². The molecule has 0 fully saturated rings. The minimum Gasteiger partial charge on any atom is -0.481 e. The van der Waals surface area contributed by atoms with Gasteiger partial charge in [-0.05, 0) is 39.9 Å². The van der Waals surface area contributed by atoms with Gasteiger partial charge >= 0.3 is 12.1 Å². The molecule has 1 amide bonds.